The number of hydrogen-bond acceptors (Lipinski definition) is 4. The lowest BCUT2D eigenvalue weighted by Crippen LogP contribution is -2.42. The van der Waals surface area contributed by atoms with Crippen LogP contribution in [0, 0.1) is 29.2 Å². The van der Waals surface area contributed by atoms with Crippen LogP contribution in [-0.2, 0) is 9.47 Å². The Balaban J connectivity index is 1.58. The van der Waals surface area contributed by atoms with E-state index in [1.165, 1.54) is 6.07 Å². The average Bonchev–Trinajstić information content (AvgIpc) is 2.76. The predicted octanol–water partition coefficient (Wildman–Crippen LogP) is 6.11. The molecular weight excluding hydrogens is 456 g/mol. The molecule has 1 fully saturated rings. The average molecular weight is 482 g/mol. The Morgan fingerprint density at radius 3 is 2.24 bits per heavy atom. The summed E-state index contributed by atoms with van der Waals surface area (Å²) >= 11 is 0. The van der Waals surface area contributed by atoms with Crippen LogP contribution in [0.4, 0.5) is 32.8 Å². The number of likely N-dealkylation sites (tertiary alicyclic amines) is 1. The van der Waals surface area contributed by atoms with Crippen LogP contribution < -0.4 is 5.32 Å². The zero-order valence-corrected chi connectivity index (χ0v) is 19.1. The van der Waals surface area contributed by atoms with E-state index in [2.05, 4.69) is 5.32 Å². The molecule has 1 heterocycles. The molecule has 1 aliphatic heterocycles. The zero-order chi connectivity index (χ0) is 25.0. The maximum atomic E-state index is 13.8. The highest BCUT2D eigenvalue weighted by molar-refractivity contribution is 5.91. The van der Waals surface area contributed by atoms with Crippen LogP contribution in [0.2, 0.25) is 0 Å². The topological polar surface area (TPSA) is 67.9 Å². The van der Waals surface area contributed by atoms with Crippen LogP contribution in [0.5, 0.6) is 0 Å². The van der Waals surface area contributed by atoms with E-state index in [9.17, 15) is 27.2 Å². The second-order valence-electron chi connectivity index (χ2n) is 9.08. The van der Waals surface area contributed by atoms with E-state index >= 15 is 0 Å². The third kappa shape index (κ3) is 6.61. The standard InChI is InChI=1S/C24H26F4N2O4/c1-24(2,3)34-23(32)30-8-6-14(7-9-30)13-33-22(31)29-20-5-4-16(25)12-17(20)15-10-18(26)21(28)19(27)11-15/h4-5,10-12,14H,6-9,13H2,1-3H3,(H,29,31). The number of nitrogens with one attached hydrogen (secondary N) is 1. The molecule has 0 aromatic heterocycles. The summed E-state index contributed by atoms with van der Waals surface area (Å²) in [5.41, 5.74) is -0.738. The van der Waals surface area contributed by atoms with E-state index in [0.29, 0.717) is 38.1 Å². The molecule has 2 amide bonds. The SMILES string of the molecule is CC(C)(C)OC(=O)N1CCC(COC(=O)Nc2ccc(F)cc2-c2cc(F)c(F)c(F)c2)CC1. The van der Waals surface area contributed by atoms with Crippen molar-refractivity contribution in [3.63, 3.8) is 0 Å². The van der Waals surface area contributed by atoms with Gasteiger partial charge in [-0.3, -0.25) is 5.32 Å². The highest BCUT2D eigenvalue weighted by Crippen LogP contribution is 2.31. The van der Waals surface area contributed by atoms with Gasteiger partial charge < -0.3 is 14.4 Å². The number of rotatable bonds is 4. The number of benzene rings is 2. The molecule has 1 saturated heterocycles. The van der Waals surface area contributed by atoms with E-state index in [1.54, 1.807) is 25.7 Å². The van der Waals surface area contributed by atoms with Gasteiger partial charge in [0.15, 0.2) is 17.5 Å². The Morgan fingerprint density at radius 2 is 1.65 bits per heavy atom. The number of halogens is 4. The van der Waals surface area contributed by atoms with Gasteiger partial charge in [-0.2, -0.15) is 0 Å². The monoisotopic (exact) mass is 482 g/mol. The van der Waals surface area contributed by atoms with Gasteiger partial charge in [-0.15, -0.1) is 0 Å². The van der Waals surface area contributed by atoms with Gasteiger partial charge in [0.05, 0.1) is 12.3 Å². The normalized spacial score (nSPS) is 14.6. The summed E-state index contributed by atoms with van der Waals surface area (Å²) in [4.78, 5) is 26.1. The van der Waals surface area contributed by atoms with Crippen molar-refractivity contribution in [3.05, 3.63) is 53.6 Å². The first-order chi connectivity index (χ1) is 15.9. The number of carbonyl (C=O) groups is 2. The third-order valence-electron chi connectivity index (χ3n) is 5.23. The van der Waals surface area contributed by atoms with E-state index in [4.69, 9.17) is 9.47 Å². The number of anilines is 1. The summed E-state index contributed by atoms with van der Waals surface area (Å²) in [6, 6.07) is 4.66. The molecule has 34 heavy (non-hydrogen) atoms. The maximum absolute atomic E-state index is 13.8. The van der Waals surface area contributed by atoms with Crippen molar-refractivity contribution in [2.75, 3.05) is 25.0 Å². The molecule has 3 rings (SSSR count). The fourth-order valence-electron chi connectivity index (χ4n) is 3.52. The molecular formula is C24H26F4N2O4. The lowest BCUT2D eigenvalue weighted by atomic mass is 9.98. The van der Waals surface area contributed by atoms with Crippen LogP contribution in [0.15, 0.2) is 30.3 Å². The van der Waals surface area contributed by atoms with Gasteiger partial charge in [0.1, 0.15) is 11.4 Å². The second kappa shape index (κ2) is 10.3. The highest BCUT2D eigenvalue weighted by atomic mass is 19.2. The van der Waals surface area contributed by atoms with Crippen molar-refractivity contribution in [3.8, 4) is 11.1 Å². The molecule has 0 saturated carbocycles. The van der Waals surface area contributed by atoms with Crippen molar-refractivity contribution in [1.29, 1.82) is 0 Å². The second-order valence-corrected chi connectivity index (χ2v) is 9.08. The summed E-state index contributed by atoms with van der Waals surface area (Å²) in [6.45, 7) is 6.40. The molecule has 0 aliphatic carbocycles. The van der Waals surface area contributed by atoms with Crippen molar-refractivity contribution >= 4 is 17.9 Å². The summed E-state index contributed by atoms with van der Waals surface area (Å²) in [6.07, 6.45) is -0.00198. The molecule has 10 heteroatoms. The molecule has 1 N–H and O–H groups in total. The zero-order valence-electron chi connectivity index (χ0n) is 19.1. The Hall–Kier alpha value is -3.30. The smallest absolute Gasteiger partial charge is 0.411 e. The number of ether oxygens (including phenoxy) is 2. The fourth-order valence-corrected chi connectivity index (χ4v) is 3.52. The predicted molar refractivity (Wildman–Crippen MR) is 117 cm³/mol. The van der Waals surface area contributed by atoms with E-state index in [1.807, 2.05) is 0 Å². The number of nitrogens with zero attached hydrogens (tertiary/aromatic N) is 1. The molecule has 1 aliphatic rings. The Kier molecular flexibility index (Phi) is 7.68. The summed E-state index contributed by atoms with van der Waals surface area (Å²) in [5, 5.41) is 2.43. The van der Waals surface area contributed by atoms with Crippen LogP contribution in [0.25, 0.3) is 11.1 Å². The van der Waals surface area contributed by atoms with Gasteiger partial charge in [0, 0.05) is 18.7 Å². The summed E-state index contributed by atoms with van der Waals surface area (Å²) in [7, 11) is 0. The fraction of sp³-hybridized carbons (Fsp3) is 0.417. The summed E-state index contributed by atoms with van der Waals surface area (Å²) in [5.74, 6) is -5.21. The van der Waals surface area contributed by atoms with Crippen LogP contribution >= 0.6 is 0 Å². The number of amides is 2. The molecule has 2 aromatic carbocycles. The van der Waals surface area contributed by atoms with E-state index in [0.717, 1.165) is 12.1 Å². The Bertz CT molecular complexity index is 1040. The number of piperidine rings is 1. The van der Waals surface area contributed by atoms with Crippen molar-refractivity contribution in [2.45, 2.75) is 39.2 Å². The van der Waals surface area contributed by atoms with Crippen molar-refractivity contribution < 1.29 is 36.6 Å². The van der Waals surface area contributed by atoms with Gasteiger partial charge in [-0.25, -0.2) is 27.2 Å². The minimum atomic E-state index is -1.65. The summed E-state index contributed by atoms with van der Waals surface area (Å²) < 4.78 is 65.0. The molecule has 184 valence electrons. The first-order valence-corrected chi connectivity index (χ1v) is 10.8. The number of hydrogen-bond donors (Lipinski definition) is 1. The van der Waals surface area contributed by atoms with Crippen molar-refractivity contribution in [2.24, 2.45) is 5.92 Å². The first-order valence-electron chi connectivity index (χ1n) is 10.8. The molecule has 0 unspecified atom stereocenters. The lowest BCUT2D eigenvalue weighted by Gasteiger charge is -2.33. The quantitative estimate of drug-likeness (QED) is 0.422. The molecule has 6 nitrogen and oxygen atoms in total. The van der Waals surface area contributed by atoms with Crippen LogP contribution in [-0.4, -0.2) is 42.4 Å². The van der Waals surface area contributed by atoms with Gasteiger partial charge in [0.2, 0.25) is 0 Å². The van der Waals surface area contributed by atoms with Crippen LogP contribution in [0.3, 0.4) is 0 Å². The molecule has 0 atom stereocenters. The van der Waals surface area contributed by atoms with Gasteiger partial charge in [-0.1, -0.05) is 0 Å². The van der Waals surface area contributed by atoms with Crippen LogP contribution in [0.1, 0.15) is 33.6 Å². The molecule has 0 bridgehead atoms. The number of carbonyl (C=O) groups excluding carboxylic acids is 2. The molecule has 0 radical (unpaired) electrons. The Morgan fingerprint density at radius 1 is 1.03 bits per heavy atom. The molecule has 2 aromatic rings. The minimum Gasteiger partial charge on any atom is -0.449 e. The minimum absolute atomic E-state index is 0.0254. The third-order valence-corrected chi connectivity index (χ3v) is 5.23. The Labute approximate surface area is 194 Å². The first kappa shape index (κ1) is 25.3. The van der Waals surface area contributed by atoms with E-state index in [-0.39, 0.29) is 35.4 Å². The van der Waals surface area contributed by atoms with Gasteiger partial charge in [0.25, 0.3) is 0 Å². The maximum Gasteiger partial charge on any atom is 0.411 e. The van der Waals surface area contributed by atoms with Gasteiger partial charge in [-0.05, 0) is 75.4 Å². The van der Waals surface area contributed by atoms with Crippen molar-refractivity contribution in [1.82, 2.24) is 4.90 Å². The lowest BCUT2D eigenvalue weighted by molar-refractivity contribution is 0.0153. The van der Waals surface area contributed by atoms with Gasteiger partial charge >= 0.3 is 12.2 Å². The molecule has 0 spiro atoms. The highest BCUT2D eigenvalue weighted by Gasteiger charge is 2.27. The largest absolute Gasteiger partial charge is 0.449 e. The van der Waals surface area contributed by atoms with E-state index < -0.39 is 35.0 Å².